The van der Waals surface area contributed by atoms with Gasteiger partial charge in [-0.05, 0) is 42.9 Å². The predicted molar refractivity (Wildman–Crippen MR) is 65.9 cm³/mol. The molecule has 0 spiro atoms. The lowest BCUT2D eigenvalue weighted by Gasteiger charge is -2.39. The Morgan fingerprint density at radius 2 is 2.12 bits per heavy atom. The minimum absolute atomic E-state index is 0.184. The van der Waals surface area contributed by atoms with Crippen LogP contribution in [-0.4, -0.2) is 18.1 Å². The number of hydrazine groups is 1. The number of rotatable bonds is 3. The molecule has 2 aliphatic rings. The lowest BCUT2D eigenvalue weighted by atomic mass is 9.70. The second kappa shape index (κ2) is 3.95. The van der Waals surface area contributed by atoms with Gasteiger partial charge in [-0.2, -0.15) is 0 Å². The normalized spacial score (nSPS) is 40.3. The number of nitrogens with one attached hydrogen (secondary N) is 1. The lowest BCUT2D eigenvalue weighted by Crippen LogP contribution is -2.44. The van der Waals surface area contributed by atoms with Gasteiger partial charge in [-0.15, -0.1) is 0 Å². The molecule has 4 unspecified atom stereocenters. The standard InChI is InChI=1S/C13H24N2O2/c1-8(11(16)15-14)17-10-7-9-5-6-13(10,4)12(9,2)3/h8-10H,5-7,14H2,1-4H3,(H,15,16). The first-order chi connectivity index (χ1) is 7.83. The van der Waals surface area contributed by atoms with E-state index in [9.17, 15) is 4.79 Å². The highest BCUT2D eigenvalue weighted by molar-refractivity contribution is 5.79. The van der Waals surface area contributed by atoms with Gasteiger partial charge < -0.3 is 4.74 Å². The average molecular weight is 240 g/mol. The van der Waals surface area contributed by atoms with E-state index in [-0.39, 0.29) is 17.4 Å². The molecule has 0 saturated heterocycles. The fourth-order valence-electron chi connectivity index (χ4n) is 3.76. The smallest absolute Gasteiger partial charge is 0.262 e. The van der Waals surface area contributed by atoms with Gasteiger partial charge in [0.05, 0.1) is 6.10 Å². The van der Waals surface area contributed by atoms with E-state index in [1.807, 2.05) is 0 Å². The van der Waals surface area contributed by atoms with Gasteiger partial charge in [0.1, 0.15) is 6.10 Å². The van der Waals surface area contributed by atoms with Crippen LogP contribution in [0.15, 0.2) is 0 Å². The molecule has 1 amide bonds. The molecule has 2 saturated carbocycles. The summed E-state index contributed by atoms with van der Waals surface area (Å²) in [5, 5.41) is 0. The van der Waals surface area contributed by atoms with Crippen LogP contribution in [0.5, 0.6) is 0 Å². The number of hydrogen-bond donors (Lipinski definition) is 2. The number of nitrogens with two attached hydrogens (primary N) is 1. The van der Waals surface area contributed by atoms with Crippen molar-refractivity contribution in [2.75, 3.05) is 0 Å². The van der Waals surface area contributed by atoms with E-state index in [1.54, 1.807) is 6.92 Å². The molecule has 0 heterocycles. The maximum absolute atomic E-state index is 11.4. The minimum atomic E-state index is -0.461. The van der Waals surface area contributed by atoms with Crippen LogP contribution >= 0.6 is 0 Å². The Labute approximate surface area is 103 Å². The first-order valence-corrected chi connectivity index (χ1v) is 6.49. The fraction of sp³-hybridized carbons (Fsp3) is 0.923. The molecule has 98 valence electrons. The van der Waals surface area contributed by atoms with Crippen molar-refractivity contribution in [3.05, 3.63) is 0 Å². The third-order valence-corrected chi connectivity index (χ3v) is 5.59. The van der Waals surface area contributed by atoms with Gasteiger partial charge in [0, 0.05) is 0 Å². The topological polar surface area (TPSA) is 64.3 Å². The van der Waals surface area contributed by atoms with Crippen LogP contribution in [0.2, 0.25) is 0 Å². The number of fused-ring (bicyclic) bond motifs is 2. The quantitative estimate of drug-likeness (QED) is 0.447. The summed E-state index contributed by atoms with van der Waals surface area (Å²) in [4.78, 5) is 11.4. The van der Waals surface area contributed by atoms with Crippen LogP contribution in [0.1, 0.15) is 47.0 Å². The molecule has 17 heavy (non-hydrogen) atoms. The summed E-state index contributed by atoms with van der Waals surface area (Å²) in [6.45, 7) is 8.74. The Morgan fingerprint density at radius 3 is 2.53 bits per heavy atom. The molecule has 2 bridgehead atoms. The summed E-state index contributed by atoms with van der Waals surface area (Å²) in [6, 6.07) is 0. The molecule has 0 aliphatic heterocycles. The highest BCUT2D eigenvalue weighted by Crippen LogP contribution is 2.66. The molecular weight excluding hydrogens is 216 g/mol. The van der Waals surface area contributed by atoms with Gasteiger partial charge in [0.2, 0.25) is 0 Å². The maximum Gasteiger partial charge on any atom is 0.262 e. The van der Waals surface area contributed by atoms with Gasteiger partial charge in [0.15, 0.2) is 0 Å². The third kappa shape index (κ3) is 1.69. The van der Waals surface area contributed by atoms with Crippen LogP contribution in [0.4, 0.5) is 0 Å². The predicted octanol–water partition coefficient (Wildman–Crippen LogP) is 1.60. The molecule has 3 N–H and O–H groups in total. The molecule has 0 radical (unpaired) electrons. The summed E-state index contributed by atoms with van der Waals surface area (Å²) in [5.41, 5.74) is 2.66. The second-order valence-electron chi connectivity index (χ2n) is 6.39. The molecule has 4 heteroatoms. The van der Waals surface area contributed by atoms with E-state index < -0.39 is 6.10 Å². The fourth-order valence-corrected chi connectivity index (χ4v) is 3.76. The van der Waals surface area contributed by atoms with E-state index in [0.29, 0.717) is 5.41 Å². The van der Waals surface area contributed by atoms with Crippen LogP contribution in [0.3, 0.4) is 0 Å². The SMILES string of the molecule is CC(OC1CC2CCC1(C)C2(C)C)C(=O)NN. The monoisotopic (exact) mass is 240 g/mol. The highest BCUT2D eigenvalue weighted by Gasteiger charge is 2.62. The van der Waals surface area contributed by atoms with Crippen molar-refractivity contribution in [3.8, 4) is 0 Å². The zero-order chi connectivity index (χ0) is 12.8. The van der Waals surface area contributed by atoms with Gasteiger partial charge in [0.25, 0.3) is 5.91 Å². The summed E-state index contributed by atoms with van der Waals surface area (Å²) >= 11 is 0. The van der Waals surface area contributed by atoms with Crippen molar-refractivity contribution in [1.82, 2.24) is 5.43 Å². The molecule has 0 aromatic heterocycles. The van der Waals surface area contributed by atoms with E-state index in [0.717, 1.165) is 12.3 Å². The Kier molecular flexibility index (Phi) is 2.99. The van der Waals surface area contributed by atoms with Crippen molar-refractivity contribution < 1.29 is 9.53 Å². The Bertz CT molecular complexity index is 329. The van der Waals surface area contributed by atoms with E-state index in [4.69, 9.17) is 10.6 Å². The second-order valence-corrected chi connectivity index (χ2v) is 6.39. The third-order valence-electron chi connectivity index (χ3n) is 5.59. The molecule has 2 aliphatic carbocycles. The Morgan fingerprint density at radius 1 is 1.47 bits per heavy atom. The number of carbonyl (C=O) groups is 1. The van der Waals surface area contributed by atoms with Gasteiger partial charge in [-0.25, -0.2) is 5.84 Å². The molecule has 4 nitrogen and oxygen atoms in total. The van der Waals surface area contributed by atoms with Crippen molar-refractivity contribution in [2.24, 2.45) is 22.6 Å². The number of hydrogen-bond acceptors (Lipinski definition) is 3. The van der Waals surface area contributed by atoms with E-state index >= 15 is 0 Å². The van der Waals surface area contributed by atoms with Crippen LogP contribution in [-0.2, 0) is 9.53 Å². The first kappa shape index (κ1) is 12.8. The summed E-state index contributed by atoms with van der Waals surface area (Å²) in [7, 11) is 0. The molecule has 0 aromatic rings. The van der Waals surface area contributed by atoms with Crippen LogP contribution in [0, 0.1) is 16.7 Å². The Hall–Kier alpha value is -0.610. The van der Waals surface area contributed by atoms with Crippen LogP contribution < -0.4 is 11.3 Å². The van der Waals surface area contributed by atoms with Gasteiger partial charge >= 0.3 is 0 Å². The molecule has 2 fully saturated rings. The summed E-state index contributed by atoms with van der Waals surface area (Å²) in [6.07, 6.45) is 3.29. The highest BCUT2D eigenvalue weighted by atomic mass is 16.5. The zero-order valence-corrected chi connectivity index (χ0v) is 11.2. The van der Waals surface area contributed by atoms with Gasteiger partial charge in [-0.3, -0.25) is 10.2 Å². The maximum atomic E-state index is 11.4. The van der Waals surface area contributed by atoms with E-state index in [1.165, 1.54) is 12.8 Å². The molecular formula is C13H24N2O2. The Balaban J connectivity index is 2.08. The number of ether oxygens (including phenoxy) is 1. The van der Waals surface area contributed by atoms with Crippen molar-refractivity contribution in [1.29, 1.82) is 0 Å². The first-order valence-electron chi connectivity index (χ1n) is 6.49. The number of carbonyl (C=O) groups excluding carboxylic acids is 1. The summed E-state index contributed by atoms with van der Waals surface area (Å²) in [5.74, 6) is 5.62. The van der Waals surface area contributed by atoms with Crippen molar-refractivity contribution in [3.63, 3.8) is 0 Å². The van der Waals surface area contributed by atoms with Crippen molar-refractivity contribution in [2.45, 2.75) is 59.2 Å². The molecule has 2 rings (SSSR count). The average Bonchev–Trinajstić information content (AvgIpc) is 2.60. The largest absolute Gasteiger partial charge is 0.365 e. The zero-order valence-electron chi connectivity index (χ0n) is 11.2. The van der Waals surface area contributed by atoms with Crippen LogP contribution in [0.25, 0.3) is 0 Å². The minimum Gasteiger partial charge on any atom is -0.365 e. The number of amides is 1. The van der Waals surface area contributed by atoms with Crippen molar-refractivity contribution >= 4 is 5.91 Å². The molecule has 0 aromatic carbocycles. The lowest BCUT2D eigenvalue weighted by molar-refractivity contribution is -0.142. The summed E-state index contributed by atoms with van der Waals surface area (Å²) < 4.78 is 5.94. The molecule has 4 atom stereocenters. The van der Waals surface area contributed by atoms with E-state index in [2.05, 4.69) is 26.2 Å². The van der Waals surface area contributed by atoms with Gasteiger partial charge in [-0.1, -0.05) is 20.8 Å².